The lowest BCUT2D eigenvalue weighted by atomic mass is 10.0. The van der Waals surface area contributed by atoms with E-state index >= 15 is 0 Å². The zero-order chi connectivity index (χ0) is 19.1. The van der Waals surface area contributed by atoms with Crippen LogP contribution in [0.1, 0.15) is 45.6 Å². The normalized spacial score (nSPS) is 15.2. The largest absolute Gasteiger partial charge is 0.368 e. The molecule has 0 unspecified atom stereocenters. The summed E-state index contributed by atoms with van der Waals surface area (Å²) in [6.45, 7) is 10.3. The summed E-state index contributed by atoms with van der Waals surface area (Å²) in [4.78, 5) is 12.6. The van der Waals surface area contributed by atoms with Gasteiger partial charge in [0, 0.05) is 28.7 Å². The van der Waals surface area contributed by atoms with Crippen LogP contribution in [0.3, 0.4) is 0 Å². The number of rotatable bonds is 8. The van der Waals surface area contributed by atoms with Crippen LogP contribution in [0.15, 0.2) is 52.6 Å². The number of benzene rings is 1. The Morgan fingerprint density at radius 1 is 1.27 bits per heavy atom. The van der Waals surface area contributed by atoms with E-state index in [4.69, 9.17) is 5.73 Å². The highest BCUT2D eigenvalue weighted by molar-refractivity contribution is 6.21. The zero-order valence-electron chi connectivity index (χ0n) is 16.3. The van der Waals surface area contributed by atoms with E-state index in [0.717, 1.165) is 47.0 Å². The monoisotopic (exact) mass is 353 g/mol. The van der Waals surface area contributed by atoms with Gasteiger partial charge in [-0.3, -0.25) is 0 Å². The average Bonchev–Trinajstić information content (AvgIpc) is 3.06. The van der Waals surface area contributed by atoms with Crippen LogP contribution in [-0.2, 0) is 0 Å². The van der Waals surface area contributed by atoms with Gasteiger partial charge in [-0.2, -0.15) is 0 Å². The van der Waals surface area contributed by atoms with Crippen molar-refractivity contribution in [2.75, 3.05) is 7.05 Å². The van der Waals surface area contributed by atoms with Crippen LogP contribution in [-0.4, -0.2) is 35.8 Å². The molecular weight excluding hydrogens is 322 g/mol. The standard InChI is InChI=1S/C21H31N5/c1-6-15(23-5)12-16(7-2)25-21(22)26-20(14(3)4)18-13-24-19-11-9-8-10-17(18)19/h8-11,13,15-16,23-24H,3,6-7,12H2,1-2,4-5H3,(H2,22,25)/t15-,16+/m0/s1. The fourth-order valence-electron chi connectivity index (χ4n) is 3.11. The Hall–Kier alpha value is -2.40. The van der Waals surface area contributed by atoms with E-state index in [1.807, 2.05) is 38.4 Å². The van der Waals surface area contributed by atoms with E-state index < -0.39 is 0 Å². The van der Waals surface area contributed by atoms with Gasteiger partial charge in [-0.1, -0.05) is 38.6 Å². The molecule has 0 bridgehead atoms. The molecule has 0 aliphatic carbocycles. The summed E-state index contributed by atoms with van der Waals surface area (Å²) >= 11 is 0. The van der Waals surface area contributed by atoms with Crippen molar-refractivity contribution >= 4 is 22.6 Å². The van der Waals surface area contributed by atoms with Gasteiger partial charge in [0.05, 0.1) is 11.8 Å². The number of nitrogens with one attached hydrogen (secondary N) is 2. The molecule has 0 saturated heterocycles. The van der Waals surface area contributed by atoms with Crippen molar-refractivity contribution < 1.29 is 0 Å². The van der Waals surface area contributed by atoms with Crippen LogP contribution < -0.4 is 11.1 Å². The SMILES string of the molecule is C=C(C)C(=NC(N)=N[C@H](CC)C[C@H](CC)NC)c1c[nH]c2ccccc12. The molecule has 0 amide bonds. The molecule has 5 heteroatoms. The fourth-order valence-corrected chi connectivity index (χ4v) is 3.11. The van der Waals surface area contributed by atoms with Crippen LogP contribution in [0.2, 0.25) is 0 Å². The Morgan fingerprint density at radius 3 is 2.62 bits per heavy atom. The van der Waals surface area contributed by atoms with Gasteiger partial charge in [-0.05, 0) is 44.9 Å². The predicted molar refractivity (Wildman–Crippen MR) is 113 cm³/mol. The maximum Gasteiger partial charge on any atom is 0.216 e. The van der Waals surface area contributed by atoms with Crippen molar-refractivity contribution in [2.45, 2.75) is 52.1 Å². The van der Waals surface area contributed by atoms with Gasteiger partial charge < -0.3 is 16.0 Å². The fraction of sp³-hybridized carbons (Fsp3) is 0.429. The summed E-state index contributed by atoms with van der Waals surface area (Å²) in [7, 11) is 1.99. The molecule has 5 nitrogen and oxygen atoms in total. The summed E-state index contributed by atoms with van der Waals surface area (Å²) in [6.07, 6.45) is 4.91. The van der Waals surface area contributed by atoms with Gasteiger partial charge in [-0.15, -0.1) is 0 Å². The first-order valence-corrected chi connectivity index (χ1v) is 9.31. The minimum Gasteiger partial charge on any atom is -0.368 e. The van der Waals surface area contributed by atoms with Crippen molar-refractivity contribution in [1.82, 2.24) is 10.3 Å². The Bertz CT molecular complexity index is 796. The van der Waals surface area contributed by atoms with E-state index in [2.05, 4.69) is 46.8 Å². The van der Waals surface area contributed by atoms with Crippen molar-refractivity contribution in [3.05, 3.63) is 48.2 Å². The highest BCUT2D eigenvalue weighted by Crippen LogP contribution is 2.21. The maximum absolute atomic E-state index is 6.19. The van der Waals surface area contributed by atoms with Gasteiger partial charge in [-0.25, -0.2) is 9.98 Å². The number of aromatic nitrogens is 1. The molecule has 0 fully saturated rings. The van der Waals surface area contributed by atoms with E-state index in [1.54, 1.807) is 0 Å². The van der Waals surface area contributed by atoms with E-state index in [1.165, 1.54) is 0 Å². The molecule has 2 atom stereocenters. The van der Waals surface area contributed by atoms with Crippen LogP contribution in [0.5, 0.6) is 0 Å². The topological polar surface area (TPSA) is 78.6 Å². The van der Waals surface area contributed by atoms with E-state index in [0.29, 0.717) is 12.0 Å². The number of para-hydroxylation sites is 1. The molecule has 1 heterocycles. The van der Waals surface area contributed by atoms with Gasteiger partial charge in [0.1, 0.15) is 0 Å². The molecular formula is C21H31N5. The number of nitrogens with zero attached hydrogens (tertiary/aromatic N) is 2. The molecule has 0 aliphatic heterocycles. The molecule has 26 heavy (non-hydrogen) atoms. The van der Waals surface area contributed by atoms with Crippen molar-refractivity contribution in [3.8, 4) is 0 Å². The van der Waals surface area contributed by atoms with Crippen LogP contribution >= 0.6 is 0 Å². The third kappa shape index (κ3) is 4.82. The van der Waals surface area contributed by atoms with Crippen molar-refractivity contribution in [3.63, 3.8) is 0 Å². The van der Waals surface area contributed by atoms with Crippen molar-refractivity contribution in [1.29, 1.82) is 0 Å². The number of hydrogen-bond donors (Lipinski definition) is 3. The van der Waals surface area contributed by atoms with Crippen LogP contribution in [0.25, 0.3) is 10.9 Å². The number of allylic oxidation sites excluding steroid dienone is 1. The first kappa shape index (κ1) is 19.9. The second-order valence-electron chi connectivity index (χ2n) is 6.67. The molecule has 4 N–H and O–H groups in total. The lowest BCUT2D eigenvalue weighted by Crippen LogP contribution is -2.29. The predicted octanol–water partition coefficient (Wildman–Crippen LogP) is 4.01. The Morgan fingerprint density at radius 2 is 2.00 bits per heavy atom. The van der Waals surface area contributed by atoms with Gasteiger partial charge in [0.15, 0.2) is 0 Å². The number of aromatic amines is 1. The van der Waals surface area contributed by atoms with E-state index in [9.17, 15) is 0 Å². The van der Waals surface area contributed by atoms with E-state index in [-0.39, 0.29) is 6.04 Å². The first-order valence-electron chi connectivity index (χ1n) is 9.31. The average molecular weight is 354 g/mol. The molecule has 0 saturated carbocycles. The van der Waals surface area contributed by atoms with Gasteiger partial charge in [0.2, 0.25) is 5.96 Å². The van der Waals surface area contributed by atoms with Gasteiger partial charge >= 0.3 is 0 Å². The third-order valence-corrected chi connectivity index (χ3v) is 4.72. The maximum atomic E-state index is 6.19. The molecule has 140 valence electrons. The summed E-state index contributed by atoms with van der Waals surface area (Å²) in [5.74, 6) is 0.311. The summed E-state index contributed by atoms with van der Waals surface area (Å²) in [5, 5.41) is 4.43. The second-order valence-corrected chi connectivity index (χ2v) is 6.67. The number of H-pyrrole nitrogens is 1. The molecule has 1 aromatic carbocycles. The summed E-state index contributed by atoms with van der Waals surface area (Å²) in [6, 6.07) is 8.74. The Labute approximate surface area is 156 Å². The highest BCUT2D eigenvalue weighted by Gasteiger charge is 2.14. The smallest absolute Gasteiger partial charge is 0.216 e. The third-order valence-electron chi connectivity index (χ3n) is 4.72. The quantitative estimate of drug-likeness (QED) is 0.495. The number of nitrogens with two attached hydrogens (primary N) is 1. The Kier molecular flexibility index (Phi) is 7.16. The summed E-state index contributed by atoms with van der Waals surface area (Å²) in [5.41, 5.74) is 9.90. The summed E-state index contributed by atoms with van der Waals surface area (Å²) < 4.78 is 0. The van der Waals surface area contributed by atoms with Crippen LogP contribution in [0.4, 0.5) is 0 Å². The molecule has 2 aromatic rings. The minimum absolute atomic E-state index is 0.158. The Balaban J connectivity index is 2.33. The van der Waals surface area contributed by atoms with Crippen LogP contribution in [0, 0.1) is 0 Å². The minimum atomic E-state index is 0.158. The second kappa shape index (κ2) is 9.34. The molecule has 1 aromatic heterocycles. The number of guanidine groups is 1. The highest BCUT2D eigenvalue weighted by atomic mass is 15.1. The zero-order valence-corrected chi connectivity index (χ0v) is 16.3. The number of hydrogen-bond acceptors (Lipinski definition) is 2. The molecule has 0 aliphatic rings. The lowest BCUT2D eigenvalue weighted by molar-refractivity contribution is 0.449. The molecule has 0 radical (unpaired) electrons. The van der Waals surface area contributed by atoms with Crippen molar-refractivity contribution in [2.24, 2.45) is 15.7 Å². The lowest BCUT2D eigenvalue weighted by Gasteiger charge is -2.18. The van der Waals surface area contributed by atoms with Gasteiger partial charge in [0.25, 0.3) is 0 Å². The molecule has 2 rings (SSSR count). The first-order chi connectivity index (χ1) is 12.5. The number of fused-ring (bicyclic) bond motifs is 1. The molecule has 0 spiro atoms. The number of aliphatic imine (C=N–C) groups is 2.